The van der Waals surface area contributed by atoms with Crippen molar-refractivity contribution < 1.29 is 14.3 Å². The molecule has 2 saturated heterocycles. The van der Waals surface area contributed by atoms with Crippen LogP contribution in [-0.2, 0) is 16.1 Å². The van der Waals surface area contributed by atoms with Gasteiger partial charge in [0.1, 0.15) is 24.2 Å². The Morgan fingerprint density at radius 3 is 3.16 bits per heavy atom. The first-order valence-corrected chi connectivity index (χ1v) is 10.4. The van der Waals surface area contributed by atoms with Crippen molar-refractivity contribution in [3.8, 4) is 5.75 Å². The van der Waals surface area contributed by atoms with Crippen LogP contribution in [0.4, 0.5) is 11.5 Å². The van der Waals surface area contributed by atoms with Crippen molar-refractivity contribution in [2.24, 2.45) is 0 Å². The van der Waals surface area contributed by atoms with Crippen LogP contribution in [0, 0.1) is 0 Å². The Balaban J connectivity index is 1.39. The number of ether oxygens (including phenoxy) is 2. The lowest BCUT2D eigenvalue weighted by Gasteiger charge is -2.48. The Morgan fingerprint density at radius 1 is 1.39 bits per heavy atom. The fourth-order valence-electron chi connectivity index (χ4n) is 4.54. The van der Waals surface area contributed by atoms with Gasteiger partial charge in [-0.2, -0.15) is 5.10 Å². The van der Waals surface area contributed by atoms with Gasteiger partial charge in [0.05, 0.1) is 18.8 Å². The van der Waals surface area contributed by atoms with Crippen LogP contribution in [-0.4, -0.2) is 63.9 Å². The van der Waals surface area contributed by atoms with Gasteiger partial charge in [-0.3, -0.25) is 9.69 Å². The van der Waals surface area contributed by atoms with E-state index in [1.807, 2.05) is 35.0 Å². The van der Waals surface area contributed by atoms with E-state index in [9.17, 15) is 4.79 Å². The summed E-state index contributed by atoms with van der Waals surface area (Å²) in [6, 6.07) is 9.89. The maximum atomic E-state index is 11.7. The van der Waals surface area contributed by atoms with E-state index in [-0.39, 0.29) is 24.2 Å². The molecular weight excluding hydrogens is 396 g/mol. The monoisotopic (exact) mass is 422 g/mol. The lowest BCUT2D eigenvalue weighted by atomic mass is 9.87. The molecule has 1 unspecified atom stereocenters. The minimum Gasteiger partial charge on any atom is -0.497 e. The quantitative estimate of drug-likeness (QED) is 0.649. The fraction of sp³-hybridized carbons (Fsp3) is 0.409. The molecule has 1 amide bonds. The van der Waals surface area contributed by atoms with E-state index in [0.29, 0.717) is 0 Å². The number of morpholine rings is 1. The minimum absolute atomic E-state index is 0.0280. The van der Waals surface area contributed by atoms with E-state index < -0.39 is 0 Å². The molecule has 0 aliphatic carbocycles. The summed E-state index contributed by atoms with van der Waals surface area (Å²) in [5, 5.41) is 10.8. The predicted molar refractivity (Wildman–Crippen MR) is 115 cm³/mol. The number of amides is 1. The van der Waals surface area contributed by atoms with Gasteiger partial charge < -0.3 is 20.1 Å². The number of nitrogens with zero attached hydrogens (tertiary/aromatic N) is 4. The van der Waals surface area contributed by atoms with Crippen LogP contribution >= 0.6 is 0 Å². The van der Waals surface area contributed by atoms with Crippen LogP contribution in [0.3, 0.4) is 0 Å². The Kier molecular flexibility index (Phi) is 4.99. The Hall–Kier alpha value is -3.17. The smallest absolute Gasteiger partial charge is 0.246 e. The number of fused-ring (bicyclic) bond motifs is 2. The summed E-state index contributed by atoms with van der Waals surface area (Å²) in [4.78, 5) is 18.6. The number of hydrogen-bond acceptors (Lipinski definition) is 7. The van der Waals surface area contributed by atoms with Crippen LogP contribution < -0.4 is 15.4 Å². The highest BCUT2D eigenvalue weighted by Crippen LogP contribution is 2.31. The predicted octanol–water partition coefficient (Wildman–Crippen LogP) is 1.96. The molecule has 1 aromatic carbocycles. The maximum absolute atomic E-state index is 11.7. The largest absolute Gasteiger partial charge is 0.497 e. The molecule has 0 spiro atoms. The lowest BCUT2D eigenvalue weighted by Crippen LogP contribution is -2.66. The normalized spacial score (nSPS) is 23.9. The first kappa shape index (κ1) is 19.8. The van der Waals surface area contributed by atoms with Crippen LogP contribution in [0.15, 0.2) is 42.9 Å². The first-order valence-electron chi connectivity index (χ1n) is 10.4. The molecule has 0 bridgehead atoms. The third kappa shape index (κ3) is 3.82. The SMILES string of the molecule is COc1cccc(Nc2ncnn3ccc(CN4CC[C@H]5NC(=O)COC5(C)C4)c23)c1. The molecule has 31 heavy (non-hydrogen) atoms. The zero-order valence-corrected chi connectivity index (χ0v) is 17.7. The van der Waals surface area contributed by atoms with Crippen molar-refractivity contribution in [3.05, 3.63) is 48.4 Å². The standard InChI is InChI=1S/C22H26N6O3/c1-22-13-27(8-7-18(22)26-19(29)12-31-22)11-15-6-9-28-20(15)21(23-14-24-28)25-16-4-3-5-17(10-16)30-2/h3-6,9-10,14,18H,7-8,11-13H2,1-2H3,(H,26,29)(H,23,24,25)/t18-,22?/m1/s1. The Labute approximate surface area is 180 Å². The molecule has 9 nitrogen and oxygen atoms in total. The number of likely N-dealkylation sites (tertiary alicyclic amines) is 1. The lowest BCUT2D eigenvalue weighted by molar-refractivity contribution is -0.159. The summed E-state index contributed by atoms with van der Waals surface area (Å²) < 4.78 is 13.1. The number of methoxy groups -OCH3 is 1. The average molecular weight is 422 g/mol. The van der Waals surface area contributed by atoms with Crippen molar-refractivity contribution in [2.75, 3.05) is 32.1 Å². The van der Waals surface area contributed by atoms with Crippen molar-refractivity contribution in [1.82, 2.24) is 24.8 Å². The maximum Gasteiger partial charge on any atom is 0.246 e. The molecule has 9 heteroatoms. The number of nitrogens with one attached hydrogen (secondary N) is 2. The van der Waals surface area contributed by atoms with E-state index in [0.717, 1.165) is 54.4 Å². The van der Waals surface area contributed by atoms with Gasteiger partial charge in [0.2, 0.25) is 5.91 Å². The van der Waals surface area contributed by atoms with Gasteiger partial charge in [0, 0.05) is 37.6 Å². The van der Waals surface area contributed by atoms with Gasteiger partial charge in [-0.15, -0.1) is 0 Å². The van der Waals surface area contributed by atoms with E-state index in [4.69, 9.17) is 9.47 Å². The summed E-state index contributed by atoms with van der Waals surface area (Å²) in [5.74, 6) is 1.49. The summed E-state index contributed by atoms with van der Waals surface area (Å²) in [5.41, 5.74) is 2.59. The van der Waals surface area contributed by atoms with Crippen LogP contribution in [0.1, 0.15) is 18.9 Å². The topological polar surface area (TPSA) is 93.0 Å². The van der Waals surface area contributed by atoms with Gasteiger partial charge in [-0.25, -0.2) is 9.50 Å². The molecule has 3 aromatic rings. The molecular formula is C22H26N6O3. The highest BCUT2D eigenvalue weighted by Gasteiger charge is 2.44. The fourth-order valence-corrected chi connectivity index (χ4v) is 4.54. The van der Waals surface area contributed by atoms with Crippen molar-refractivity contribution in [1.29, 1.82) is 0 Å². The molecule has 162 valence electrons. The molecule has 2 atom stereocenters. The molecule has 4 heterocycles. The second-order valence-corrected chi connectivity index (χ2v) is 8.32. The molecule has 2 aliphatic heterocycles. The summed E-state index contributed by atoms with van der Waals surface area (Å²) >= 11 is 0. The number of hydrogen-bond donors (Lipinski definition) is 2. The van der Waals surface area contributed by atoms with Gasteiger partial charge >= 0.3 is 0 Å². The number of carbonyl (C=O) groups is 1. The van der Waals surface area contributed by atoms with Crippen molar-refractivity contribution in [3.63, 3.8) is 0 Å². The second kappa shape index (κ2) is 7.82. The van der Waals surface area contributed by atoms with Gasteiger partial charge in [0.25, 0.3) is 0 Å². The van der Waals surface area contributed by atoms with E-state index in [1.165, 1.54) is 0 Å². The third-order valence-corrected chi connectivity index (χ3v) is 6.14. The van der Waals surface area contributed by atoms with Crippen LogP contribution in [0.5, 0.6) is 5.75 Å². The number of aromatic nitrogens is 3. The average Bonchev–Trinajstić information content (AvgIpc) is 3.18. The summed E-state index contributed by atoms with van der Waals surface area (Å²) in [6.07, 6.45) is 4.36. The van der Waals surface area contributed by atoms with E-state index >= 15 is 0 Å². The molecule has 2 N–H and O–H groups in total. The van der Waals surface area contributed by atoms with E-state index in [1.54, 1.807) is 13.4 Å². The highest BCUT2D eigenvalue weighted by atomic mass is 16.5. The first-order chi connectivity index (χ1) is 15.0. The Morgan fingerprint density at radius 2 is 2.29 bits per heavy atom. The van der Waals surface area contributed by atoms with Crippen molar-refractivity contribution >= 4 is 22.9 Å². The zero-order valence-electron chi connectivity index (χ0n) is 17.7. The number of anilines is 2. The van der Waals surface area contributed by atoms with Gasteiger partial charge in [0.15, 0.2) is 5.82 Å². The third-order valence-electron chi connectivity index (χ3n) is 6.14. The highest BCUT2D eigenvalue weighted by molar-refractivity contribution is 5.78. The minimum atomic E-state index is -0.375. The molecule has 5 rings (SSSR count). The molecule has 0 saturated carbocycles. The van der Waals surface area contributed by atoms with Gasteiger partial charge in [-0.1, -0.05) is 6.07 Å². The summed E-state index contributed by atoms with van der Waals surface area (Å²) in [7, 11) is 1.65. The Bertz CT molecular complexity index is 1120. The van der Waals surface area contributed by atoms with Crippen molar-refractivity contribution in [2.45, 2.75) is 31.5 Å². The molecule has 2 aliphatic rings. The second-order valence-electron chi connectivity index (χ2n) is 8.32. The number of benzene rings is 1. The number of carbonyl (C=O) groups excluding carboxylic acids is 1. The van der Waals surface area contributed by atoms with Crippen LogP contribution in [0.2, 0.25) is 0 Å². The van der Waals surface area contributed by atoms with Crippen LogP contribution in [0.25, 0.3) is 5.52 Å². The molecule has 0 radical (unpaired) electrons. The zero-order chi connectivity index (χ0) is 21.4. The molecule has 2 fully saturated rings. The van der Waals surface area contributed by atoms with Gasteiger partial charge in [-0.05, 0) is 37.1 Å². The van der Waals surface area contributed by atoms with E-state index in [2.05, 4.69) is 38.6 Å². The summed E-state index contributed by atoms with van der Waals surface area (Å²) in [6.45, 7) is 4.59. The number of rotatable bonds is 5. The molecule has 2 aromatic heterocycles. The number of piperidine rings is 1.